The van der Waals surface area contributed by atoms with Crippen LogP contribution in [0, 0.1) is 0 Å². The van der Waals surface area contributed by atoms with Crippen LogP contribution in [-0.4, -0.2) is 29.2 Å². The summed E-state index contributed by atoms with van der Waals surface area (Å²) in [6, 6.07) is 8.98. The number of benzene rings is 1. The Morgan fingerprint density at radius 3 is 2.90 bits per heavy atom. The Hall–Kier alpha value is -1.55. The van der Waals surface area contributed by atoms with Crippen molar-refractivity contribution < 1.29 is 9.90 Å². The van der Waals surface area contributed by atoms with E-state index in [1.807, 2.05) is 0 Å². The molecule has 1 aromatic rings. The zero-order chi connectivity index (χ0) is 14.8. The molecule has 20 heavy (non-hydrogen) atoms. The predicted octanol–water partition coefficient (Wildman–Crippen LogP) is 2.41. The molecule has 0 saturated heterocycles. The minimum Gasteiger partial charge on any atom is -0.480 e. The van der Waals surface area contributed by atoms with Crippen LogP contribution in [0.1, 0.15) is 38.7 Å². The number of rotatable bonds is 5. The summed E-state index contributed by atoms with van der Waals surface area (Å²) in [4.78, 5) is 13.4. The maximum atomic E-state index is 11.0. The van der Waals surface area contributed by atoms with Gasteiger partial charge >= 0.3 is 5.97 Å². The Balaban J connectivity index is 2.01. The van der Waals surface area contributed by atoms with Crippen molar-refractivity contribution in [1.29, 1.82) is 0 Å². The number of nitrogens with two attached hydrogens (primary N) is 1. The fraction of sp³-hybridized carbons (Fsp3) is 0.562. The van der Waals surface area contributed by atoms with Crippen LogP contribution in [0.25, 0.3) is 0 Å². The maximum absolute atomic E-state index is 11.0. The summed E-state index contributed by atoms with van der Waals surface area (Å²) in [6.45, 7) is 4.68. The van der Waals surface area contributed by atoms with Gasteiger partial charge in [0.15, 0.2) is 0 Å². The van der Waals surface area contributed by atoms with Gasteiger partial charge in [0.05, 0.1) is 0 Å². The molecule has 1 aliphatic heterocycles. The van der Waals surface area contributed by atoms with Crippen LogP contribution >= 0.6 is 0 Å². The molecule has 0 aromatic heterocycles. The van der Waals surface area contributed by atoms with Gasteiger partial charge < -0.3 is 15.7 Å². The van der Waals surface area contributed by atoms with Crippen molar-refractivity contribution in [3.05, 3.63) is 29.8 Å². The Morgan fingerprint density at radius 2 is 2.20 bits per heavy atom. The van der Waals surface area contributed by atoms with Gasteiger partial charge in [0.1, 0.15) is 5.54 Å². The van der Waals surface area contributed by atoms with Crippen LogP contribution < -0.4 is 10.6 Å². The number of anilines is 1. The third-order valence-electron chi connectivity index (χ3n) is 4.25. The summed E-state index contributed by atoms with van der Waals surface area (Å²) >= 11 is 0. The number of fused-ring (bicyclic) bond motifs is 1. The van der Waals surface area contributed by atoms with Gasteiger partial charge in [-0.15, -0.1) is 0 Å². The molecule has 4 heteroatoms. The summed E-state index contributed by atoms with van der Waals surface area (Å²) in [6.07, 6.45) is 3.55. The van der Waals surface area contributed by atoms with Crippen molar-refractivity contribution >= 4 is 11.7 Å². The molecule has 4 nitrogen and oxygen atoms in total. The molecule has 0 aliphatic carbocycles. The molecular weight excluding hydrogens is 252 g/mol. The molecule has 0 amide bonds. The molecule has 3 N–H and O–H groups in total. The van der Waals surface area contributed by atoms with Crippen LogP contribution in [0.4, 0.5) is 5.69 Å². The first-order valence-electron chi connectivity index (χ1n) is 7.28. The number of aryl methyl sites for hydroxylation is 1. The minimum absolute atomic E-state index is 0.494. The normalized spacial score (nSPS) is 21.1. The Kier molecular flexibility index (Phi) is 4.33. The SMILES string of the molecule is CC1CCc2ccccc2N1CCCC(C)(N)C(=O)O. The molecule has 0 saturated carbocycles. The topological polar surface area (TPSA) is 66.6 Å². The molecule has 2 atom stereocenters. The Bertz CT molecular complexity index is 485. The van der Waals surface area contributed by atoms with Gasteiger partial charge in [0.25, 0.3) is 0 Å². The molecular formula is C16H24N2O2. The van der Waals surface area contributed by atoms with E-state index in [1.54, 1.807) is 6.92 Å². The molecule has 110 valence electrons. The lowest BCUT2D eigenvalue weighted by Gasteiger charge is -2.37. The van der Waals surface area contributed by atoms with Gasteiger partial charge in [-0.2, -0.15) is 0 Å². The van der Waals surface area contributed by atoms with Gasteiger partial charge in [-0.1, -0.05) is 18.2 Å². The molecule has 0 fully saturated rings. The zero-order valence-corrected chi connectivity index (χ0v) is 12.3. The van der Waals surface area contributed by atoms with E-state index in [1.165, 1.54) is 11.3 Å². The summed E-state index contributed by atoms with van der Waals surface area (Å²) in [7, 11) is 0. The quantitative estimate of drug-likeness (QED) is 0.866. The number of nitrogens with zero attached hydrogens (tertiary/aromatic N) is 1. The zero-order valence-electron chi connectivity index (χ0n) is 12.3. The van der Waals surface area contributed by atoms with E-state index in [4.69, 9.17) is 10.8 Å². The van der Waals surface area contributed by atoms with Crippen molar-refractivity contribution in [1.82, 2.24) is 0 Å². The molecule has 2 unspecified atom stereocenters. The second kappa shape index (κ2) is 5.83. The van der Waals surface area contributed by atoms with E-state index in [2.05, 4.69) is 36.1 Å². The number of hydrogen-bond donors (Lipinski definition) is 2. The second-order valence-corrected chi connectivity index (χ2v) is 6.04. The minimum atomic E-state index is -1.13. The van der Waals surface area contributed by atoms with E-state index >= 15 is 0 Å². The van der Waals surface area contributed by atoms with Gasteiger partial charge in [-0.3, -0.25) is 4.79 Å². The summed E-state index contributed by atoms with van der Waals surface area (Å²) in [5, 5.41) is 9.05. The Labute approximate surface area is 120 Å². The van der Waals surface area contributed by atoms with E-state index in [0.29, 0.717) is 12.5 Å². The average molecular weight is 276 g/mol. The van der Waals surface area contributed by atoms with Crippen LogP contribution in [0.15, 0.2) is 24.3 Å². The molecule has 0 bridgehead atoms. The molecule has 1 aliphatic rings. The van der Waals surface area contributed by atoms with Gasteiger partial charge in [-0.25, -0.2) is 0 Å². The van der Waals surface area contributed by atoms with E-state index in [0.717, 1.165) is 25.8 Å². The number of aliphatic carboxylic acids is 1. The maximum Gasteiger partial charge on any atom is 0.323 e. The van der Waals surface area contributed by atoms with Gasteiger partial charge in [0, 0.05) is 18.3 Å². The number of carbonyl (C=O) groups is 1. The molecule has 0 radical (unpaired) electrons. The van der Waals surface area contributed by atoms with Crippen LogP contribution in [0.2, 0.25) is 0 Å². The number of carboxylic acid groups (broad SMARTS) is 1. The lowest BCUT2D eigenvalue weighted by Crippen LogP contribution is -2.46. The number of carboxylic acids is 1. The molecule has 1 heterocycles. The highest BCUT2D eigenvalue weighted by atomic mass is 16.4. The highest BCUT2D eigenvalue weighted by molar-refractivity contribution is 5.77. The summed E-state index contributed by atoms with van der Waals surface area (Å²) < 4.78 is 0. The monoisotopic (exact) mass is 276 g/mol. The molecule has 0 spiro atoms. The van der Waals surface area contributed by atoms with Crippen molar-refractivity contribution in [2.45, 2.75) is 51.1 Å². The largest absolute Gasteiger partial charge is 0.480 e. The van der Waals surface area contributed by atoms with Crippen molar-refractivity contribution in [3.8, 4) is 0 Å². The fourth-order valence-electron chi connectivity index (χ4n) is 2.82. The average Bonchev–Trinajstić information content (AvgIpc) is 2.41. The van der Waals surface area contributed by atoms with Gasteiger partial charge in [-0.05, 0) is 51.2 Å². The highest BCUT2D eigenvalue weighted by Crippen LogP contribution is 2.30. The number of para-hydroxylation sites is 1. The van der Waals surface area contributed by atoms with Crippen LogP contribution in [0.3, 0.4) is 0 Å². The van der Waals surface area contributed by atoms with Crippen molar-refractivity contribution in [3.63, 3.8) is 0 Å². The number of hydrogen-bond acceptors (Lipinski definition) is 3. The standard InChI is InChI=1S/C16H24N2O2/c1-12-8-9-13-6-3-4-7-14(13)18(12)11-5-10-16(2,17)15(19)20/h3-4,6-7,12H,5,8-11,17H2,1-2H3,(H,19,20). The third kappa shape index (κ3) is 3.12. The molecule has 2 rings (SSSR count). The summed E-state index contributed by atoms with van der Waals surface area (Å²) in [5.41, 5.74) is 7.34. The summed E-state index contributed by atoms with van der Waals surface area (Å²) in [5.74, 6) is -0.926. The van der Waals surface area contributed by atoms with E-state index in [9.17, 15) is 4.79 Å². The van der Waals surface area contributed by atoms with Crippen molar-refractivity contribution in [2.75, 3.05) is 11.4 Å². The van der Waals surface area contributed by atoms with Crippen LogP contribution in [-0.2, 0) is 11.2 Å². The Morgan fingerprint density at radius 1 is 1.50 bits per heavy atom. The van der Waals surface area contributed by atoms with E-state index < -0.39 is 11.5 Å². The lowest BCUT2D eigenvalue weighted by molar-refractivity contribution is -0.142. The van der Waals surface area contributed by atoms with E-state index in [-0.39, 0.29) is 0 Å². The second-order valence-electron chi connectivity index (χ2n) is 6.04. The fourth-order valence-corrected chi connectivity index (χ4v) is 2.82. The molecule has 1 aromatic carbocycles. The first kappa shape index (κ1) is 14.9. The predicted molar refractivity (Wildman–Crippen MR) is 81.0 cm³/mol. The lowest BCUT2D eigenvalue weighted by atomic mass is 9.94. The first-order valence-corrected chi connectivity index (χ1v) is 7.28. The highest BCUT2D eigenvalue weighted by Gasteiger charge is 2.28. The van der Waals surface area contributed by atoms with Crippen molar-refractivity contribution in [2.24, 2.45) is 5.73 Å². The first-order chi connectivity index (χ1) is 9.42. The third-order valence-corrected chi connectivity index (χ3v) is 4.25. The van der Waals surface area contributed by atoms with Gasteiger partial charge in [0.2, 0.25) is 0 Å². The smallest absolute Gasteiger partial charge is 0.323 e. The van der Waals surface area contributed by atoms with Crippen LogP contribution in [0.5, 0.6) is 0 Å².